The summed E-state index contributed by atoms with van der Waals surface area (Å²) in [7, 11) is -3.48. The fourth-order valence-electron chi connectivity index (χ4n) is 2.41. The van der Waals surface area contributed by atoms with E-state index < -0.39 is 15.9 Å². The minimum absolute atomic E-state index is 0.305. The number of amides is 1. The highest BCUT2D eigenvalue weighted by atomic mass is 32.2. The van der Waals surface area contributed by atoms with E-state index in [0.29, 0.717) is 28.1 Å². The molecule has 2 N–H and O–H groups in total. The maximum atomic E-state index is 11.6. The molecule has 3 rings (SSSR count). The second-order valence-corrected chi connectivity index (χ2v) is 7.36. The van der Waals surface area contributed by atoms with Crippen LogP contribution in [0.2, 0.25) is 0 Å². The number of carbonyl (C=O) groups is 1. The van der Waals surface area contributed by atoms with Crippen LogP contribution in [0.1, 0.15) is 0 Å². The predicted octanol–water partition coefficient (Wildman–Crippen LogP) is 2.79. The first-order valence-corrected chi connectivity index (χ1v) is 9.52. The zero-order valence-electron chi connectivity index (χ0n) is 13.9. The summed E-state index contributed by atoms with van der Waals surface area (Å²) in [6, 6.07) is 12.3. The molecule has 0 bridgehead atoms. The van der Waals surface area contributed by atoms with Crippen molar-refractivity contribution in [1.29, 1.82) is 0 Å². The fourth-order valence-corrected chi connectivity index (χ4v) is 2.96. The Kier molecular flexibility index (Phi) is 4.68. The minimum atomic E-state index is -3.48. The van der Waals surface area contributed by atoms with Crippen LogP contribution in [0.15, 0.2) is 61.3 Å². The number of para-hydroxylation sites is 2. The fraction of sp³-hybridized carbons (Fsp3) is 0.0556. The quantitative estimate of drug-likeness (QED) is 0.675. The molecule has 0 aliphatic rings. The molecule has 1 amide bonds. The van der Waals surface area contributed by atoms with Crippen molar-refractivity contribution >= 4 is 38.3 Å². The highest BCUT2D eigenvalue weighted by Gasteiger charge is 2.10. The standard InChI is InChI=1S/C18H16N4O3S/c1-3-18(23)20-13-8-12(9-14(10-13)22-26(2,24)25)17-11-19-15-6-4-5-7-16(15)21-17/h3-11,22H,1H2,2H3,(H,20,23). The van der Waals surface area contributed by atoms with Crippen molar-refractivity contribution in [2.45, 2.75) is 0 Å². The van der Waals surface area contributed by atoms with Gasteiger partial charge in [-0.25, -0.2) is 13.4 Å². The third-order valence-electron chi connectivity index (χ3n) is 3.43. The van der Waals surface area contributed by atoms with Crippen LogP contribution in [0.5, 0.6) is 0 Å². The topological polar surface area (TPSA) is 101 Å². The number of anilines is 2. The number of benzene rings is 2. The van der Waals surface area contributed by atoms with Crippen molar-refractivity contribution in [3.8, 4) is 11.3 Å². The predicted molar refractivity (Wildman–Crippen MR) is 102 cm³/mol. The van der Waals surface area contributed by atoms with Gasteiger partial charge in [0.15, 0.2) is 0 Å². The highest BCUT2D eigenvalue weighted by molar-refractivity contribution is 7.92. The number of nitrogens with one attached hydrogen (secondary N) is 2. The number of hydrogen-bond acceptors (Lipinski definition) is 5. The van der Waals surface area contributed by atoms with Crippen LogP contribution < -0.4 is 10.0 Å². The number of carbonyl (C=O) groups excluding carboxylic acids is 1. The smallest absolute Gasteiger partial charge is 0.247 e. The van der Waals surface area contributed by atoms with Gasteiger partial charge in [-0.2, -0.15) is 0 Å². The third kappa shape index (κ3) is 4.22. The van der Waals surface area contributed by atoms with Crippen molar-refractivity contribution in [3.05, 3.63) is 61.3 Å². The van der Waals surface area contributed by atoms with E-state index in [0.717, 1.165) is 17.8 Å². The van der Waals surface area contributed by atoms with Crippen molar-refractivity contribution in [1.82, 2.24) is 9.97 Å². The summed E-state index contributed by atoms with van der Waals surface area (Å²) in [6.07, 6.45) is 3.78. The first kappa shape index (κ1) is 17.6. The van der Waals surface area contributed by atoms with E-state index in [9.17, 15) is 13.2 Å². The minimum Gasteiger partial charge on any atom is -0.322 e. The van der Waals surface area contributed by atoms with Crippen LogP contribution in [-0.2, 0) is 14.8 Å². The van der Waals surface area contributed by atoms with Gasteiger partial charge in [-0.3, -0.25) is 14.5 Å². The van der Waals surface area contributed by atoms with Crippen molar-refractivity contribution in [2.75, 3.05) is 16.3 Å². The first-order valence-electron chi connectivity index (χ1n) is 7.62. The average Bonchev–Trinajstić information content (AvgIpc) is 2.59. The van der Waals surface area contributed by atoms with Crippen LogP contribution in [0.4, 0.5) is 11.4 Å². The molecule has 0 saturated carbocycles. The van der Waals surface area contributed by atoms with Gasteiger partial charge in [0, 0.05) is 11.3 Å². The van der Waals surface area contributed by atoms with Gasteiger partial charge in [0.1, 0.15) is 0 Å². The molecule has 1 aromatic heterocycles. The lowest BCUT2D eigenvalue weighted by molar-refractivity contribution is -0.111. The molecule has 132 valence electrons. The number of nitrogens with zero attached hydrogens (tertiary/aromatic N) is 2. The summed E-state index contributed by atoms with van der Waals surface area (Å²) in [5, 5.41) is 2.63. The Morgan fingerprint density at radius 3 is 2.50 bits per heavy atom. The Hall–Kier alpha value is -3.26. The molecule has 0 aliphatic heterocycles. The molecule has 0 unspecified atom stereocenters. The second kappa shape index (κ2) is 6.93. The molecule has 0 aliphatic carbocycles. The summed E-state index contributed by atoms with van der Waals surface area (Å²) in [6.45, 7) is 3.41. The molecule has 2 aromatic carbocycles. The van der Waals surface area contributed by atoms with Crippen LogP contribution in [0.25, 0.3) is 22.3 Å². The van der Waals surface area contributed by atoms with Gasteiger partial charge < -0.3 is 5.32 Å². The van der Waals surface area contributed by atoms with Gasteiger partial charge in [-0.1, -0.05) is 18.7 Å². The maximum Gasteiger partial charge on any atom is 0.247 e. The number of sulfonamides is 1. The lowest BCUT2D eigenvalue weighted by atomic mass is 10.1. The summed E-state index contributed by atoms with van der Waals surface area (Å²) in [5.74, 6) is -0.406. The summed E-state index contributed by atoms with van der Waals surface area (Å²) in [4.78, 5) is 20.5. The lowest BCUT2D eigenvalue weighted by Gasteiger charge is -2.11. The molecule has 0 atom stereocenters. The zero-order valence-corrected chi connectivity index (χ0v) is 14.7. The molecule has 7 nitrogen and oxygen atoms in total. The van der Waals surface area contributed by atoms with Crippen LogP contribution >= 0.6 is 0 Å². The molecule has 0 spiro atoms. The van der Waals surface area contributed by atoms with Crippen LogP contribution in [0.3, 0.4) is 0 Å². The maximum absolute atomic E-state index is 11.6. The molecule has 0 saturated heterocycles. The summed E-state index contributed by atoms with van der Waals surface area (Å²) in [5.41, 5.74) is 3.34. The molecule has 0 radical (unpaired) electrons. The Bertz CT molecular complexity index is 1110. The van der Waals surface area contributed by atoms with Crippen LogP contribution in [0, 0.1) is 0 Å². The Morgan fingerprint density at radius 2 is 1.81 bits per heavy atom. The second-order valence-electron chi connectivity index (χ2n) is 5.61. The Balaban J connectivity index is 2.10. The third-order valence-corrected chi connectivity index (χ3v) is 4.04. The lowest BCUT2D eigenvalue weighted by Crippen LogP contribution is -2.11. The SMILES string of the molecule is C=CC(=O)Nc1cc(NS(C)(=O)=O)cc(-c2cnc3ccccc3n2)c1. The van der Waals surface area contributed by atoms with E-state index in [1.165, 1.54) is 6.07 Å². The van der Waals surface area contributed by atoms with Gasteiger partial charge in [-0.15, -0.1) is 0 Å². The van der Waals surface area contributed by atoms with Crippen molar-refractivity contribution < 1.29 is 13.2 Å². The summed E-state index contributed by atoms with van der Waals surface area (Å²) < 4.78 is 25.5. The average molecular weight is 368 g/mol. The normalized spacial score (nSPS) is 11.1. The largest absolute Gasteiger partial charge is 0.322 e. The number of rotatable bonds is 5. The van der Waals surface area contributed by atoms with E-state index in [-0.39, 0.29) is 0 Å². The van der Waals surface area contributed by atoms with Gasteiger partial charge in [0.05, 0.1) is 34.9 Å². The van der Waals surface area contributed by atoms with E-state index in [2.05, 4.69) is 26.6 Å². The molecule has 26 heavy (non-hydrogen) atoms. The van der Waals surface area contributed by atoms with Gasteiger partial charge >= 0.3 is 0 Å². The monoisotopic (exact) mass is 368 g/mol. The molecule has 1 heterocycles. The summed E-state index contributed by atoms with van der Waals surface area (Å²) >= 11 is 0. The highest BCUT2D eigenvalue weighted by Crippen LogP contribution is 2.27. The van der Waals surface area contributed by atoms with E-state index >= 15 is 0 Å². The molecular formula is C18H16N4O3S. The number of fused-ring (bicyclic) bond motifs is 1. The molecule has 8 heteroatoms. The molecule has 3 aromatic rings. The Morgan fingerprint density at radius 1 is 1.12 bits per heavy atom. The van der Waals surface area contributed by atoms with Crippen LogP contribution in [-0.4, -0.2) is 30.5 Å². The van der Waals surface area contributed by atoms with E-state index in [1.807, 2.05) is 24.3 Å². The number of aromatic nitrogens is 2. The van der Waals surface area contributed by atoms with E-state index in [4.69, 9.17) is 0 Å². The first-order chi connectivity index (χ1) is 12.3. The molecule has 0 fully saturated rings. The number of hydrogen-bond donors (Lipinski definition) is 2. The van der Waals surface area contributed by atoms with Gasteiger partial charge in [0.2, 0.25) is 15.9 Å². The Labute approximate surface area is 150 Å². The van der Waals surface area contributed by atoms with Gasteiger partial charge in [0.25, 0.3) is 0 Å². The van der Waals surface area contributed by atoms with Crippen molar-refractivity contribution in [2.24, 2.45) is 0 Å². The van der Waals surface area contributed by atoms with Crippen molar-refractivity contribution in [3.63, 3.8) is 0 Å². The van der Waals surface area contributed by atoms with Gasteiger partial charge in [-0.05, 0) is 36.4 Å². The zero-order chi connectivity index (χ0) is 18.7. The van der Waals surface area contributed by atoms with E-state index in [1.54, 1.807) is 18.3 Å². The molecular weight excluding hydrogens is 352 g/mol.